The maximum atomic E-state index is 13.1. The molecule has 11 aliphatic heterocycles. The molecule has 0 aromatic carbocycles. The quantitative estimate of drug-likeness (QED) is 0.0290. The van der Waals surface area contributed by atoms with Crippen molar-refractivity contribution in [1.29, 1.82) is 0 Å². The molecule has 0 spiro atoms. The lowest BCUT2D eigenvalue weighted by atomic mass is 9.94. The summed E-state index contributed by atoms with van der Waals surface area (Å²) in [5.41, 5.74) is 0. The standard InChI is InChI=1S/C70H118N2O56/c1-14(82)71-27-38(93)52(23(10-80)110-60(27)107)121-61-28(72-15(2)83)39(94)53(24(11-81)118-61)122-67-51(106)56(125-69-59(45(100)34(89)20(7-77)116-69)128-70-58(44(99)33(88)21(8-78)117-70)127-66-50(105)54(35(90)22(9-79)114-66)123-63-46(101)40(95)29(84)16(3-73)111-63)37(92)26(120-67)12-108-62-49(104)55(124-64-47(102)41(96)30(85)17(4-74)112-64)36(91)25(119-62)13-109-68-57(43(98)32(87)19(6-76)115-68)126-65-48(103)42(97)31(86)18(5-75)113-65/h16-70,73-81,84-107H,3-13H2,1-2H3,(H,71,82)(H,72,83)/t16-,17-,18-,19-,20-,21-,22-,23-,24-,25-,26-,27-,28-,29-,30-,31-,32-,33-,34-,35-,36-,37-,38-,39-,40+,41+,42+,43+,44+,45+,46-,47+,48+,49+,50+,51+,52-,53-,54+,55+,56+,57+,58+,59+,60-,61+,62+,63-,64-,65-,66-,67+,68+,69-,70-/m1/s1. The van der Waals surface area contributed by atoms with Gasteiger partial charge in [0.2, 0.25) is 11.8 Å². The first-order chi connectivity index (χ1) is 60.7. The van der Waals surface area contributed by atoms with Crippen molar-refractivity contribution in [2.75, 3.05) is 72.7 Å². The molecule has 0 saturated carbocycles. The van der Waals surface area contributed by atoms with Crippen LogP contribution < -0.4 is 10.6 Å². The number of ether oxygens (including phenoxy) is 21. The highest BCUT2D eigenvalue weighted by molar-refractivity contribution is 5.73. The number of amides is 2. The molecule has 35 N–H and O–H groups in total. The highest BCUT2D eigenvalue weighted by atomic mass is 16.8. The molecule has 2 amide bonds. The highest BCUT2D eigenvalue weighted by Crippen LogP contribution is 2.42. The van der Waals surface area contributed by atoms with Gasteiger partial charge in [0.05, 0.1) is 72.7 Å². The van der Waals surface area contributed by atoms with Gasteiger partial charge in [-0.05, 0) is 0 Å². The molecular weight excluding hydrogens is 1760 g/mol. The van der Waals surface area contributed by atoms with Gasteiger partial charge in [0.1, 0.15) is 268 Å². The van der Waals surface area contributed by atoms with E-state index in [2.05, 4.69) is 10.6 Å². The summed E-state index contributed by atoms with van der Waals surface area (Å²) in [6.07, 6.45) is -116. The van der Waals surface area contributed by atoms with Gasteiger partial charge in [-0.1, -0.05) is 0 Å². The lowest BCUT2D eigenvalue weighted by Crippen LogP contribution is -2.70. The van der Waals surface area contributed by atoms with E-state index >= 15 is 0 Å². The van der Waals surface area contributed by atoms with Gasteiger partial charge in [-0.2, -0.15) is 0 Å². The Morgan fingerprint density at radius 3 is 0.797 bits per heavy atom. The molecule has 58 nitrogen and oxygen atoms in total. The van der Waals surface area contributed by atoms with E-state index in [0.29, 0.717) is 0 Å². The second kappa shape index (κ2) is 45.8. The number of rotatable bonds is 33. The molecule has 744 valence electrons. The van der Waals surface area contributed by atoms with Crippen LogP contribution in [-0.4, -0.2) is 591 Å². The third-order valence-corrected chi connectivity index (χ3v) is 23.8. The molecule has 11 fully saturated rings. The Bertz CT molecular complexity index is 3380. The average Bonchev–Trinajstić information content (AvgIpc) is 0.760. The van der Waals surface area contributed by atoms with E-state index in [4.69, 9.17) is 99.5 Å². The van der Waals surface area contributed by atoms with Gasteiger partial charge in [-0.3, -0.25) is 9.59 Å². The number of carbonyl (C=O) groups is 2. The molecule has 11 heterocycles. The minimum absolute atomic E-state index is 0.822. The summed E-state index contributed by atoms with van der Waals surface area (Å²) in [5, 5.41) is 372. The van der Waals surface area contributed by atoms with Crippen molar-refractivity contribution in [3.63, 3.8) is 0 Å². The van der Waals surface area contributed by atoms with Crippen LogP contribution in [0.1, 0.15) is 13.8 Å². The van der Waals surface area contributed by atoms with Gasteiger partial charge in [0, 0.05) is 13.8 Å². The average molecular weight is 1880 g/mol. The minimum Gasteiger partial charge on any atom is -0.394 e. The van der Waals surface area contributed by atoms with E-state index in [-0.39, 0.29) is 0 Å². The van der Waals surface area contributed by atoms with Crippen LogP contribution in [0, 0.1) is 0 Å². The Morgan fingerprint density at radius 2 is 0.430 bits per heavy atom. The van der Waals surface area contributed by atoms with Crippen LogP contribution in [0.4, 0.5) is 0 Å². The molecule has 0 unspecified atom stereocenters. The molecule has 0 aromatic rings. The van der Waals surface area contributed by atoms with Crippen molar-refractivity contribution < 1.29 is 278 Å². The molecule has 0 radical (unpaired) electrons. The summed E-state index contributed by atoms with van der Waals surface area (Å²) < 4.78 is 123. The largest absolute Gasteiger partial charge is 0.394 e. The first-order valence-electron chi connectivity index (χ1n) is 40.7. The zero-order valence-corrected chi connectivity index (χ0v) is 67.7. The minimum atomic E-state index is -2.69. The highest BCUT2D eigenvalue weighted by Gasteiger charge is 2.62. The van der Waals surface area contributed by atoms with E-state index in [1.807, 2.05) is 0 Å². The van der Waals surface area contributed by atoms with Gasteiger partial charge in [-0.25, -0.2) is 0 Å². The zero-order chi connectivity index (χ0) is 94.0. The number of hydrogen-bond donors (Lipinski definition) is 35. The van der Waals surface area contributed by atoms with Crippen molar-refractivity contribution in [1.82, 2.24) is 10.6 Å². The maximum Gasteiger partial charge on any atom is 0.217 e. The van der Waals surface area contributed by atoms with E-state index in [0.717, 1.165) is 13.8 Å². The molecule has 55 atom stereocenters. The SMILES string of the molecule is CC(=O)N[C@@H]1[C@@H](O)[C@H](O[C@@H]2O[C@H](CO)[C@@H](O[C@@H]3O[C@H](CO[C@H]4O[C@H](CO[C@H]5O[C@H](CO)[C@@H](O)[C@H](O)[C@@H]5O[C@H]5O[C@H](CO)[C@@H](O)[C@H](O)[C@@H]5O)[C@@H](O)[C@H](O[C@H]5O[C@H](CO)[C@@H](O)[C@H](O)[C@@H]5O)[C@@H]4O)[C@@H](O)[C@H](O[C@H]4O[C@H](CO)[C@@H](O)[C@H](O)[C@@H]4O[C@H]4O[C@H](CO)[C@@H](O)[C@H](O)[C@@H]4O[C@H]4O[C@H](CO)[C@@H](O)[C@H](O[C@H]5O[C@H](CO)[C@@H](O)[C@H](O)[C@H]5O)[C@@H]4O)[C@@H]3O)[C@H](O)[C@H]2NC(C)=O)[C@@H](CO)O[C@H]1O. The number of carbonyl (C=O) groups excluding carboxylic acids is 2. The van der Waals surface area contributed by atoms with Crippen LogP contribution in [0.2, 0.25) is 0 Å². The third-order valence-electron chi connectivity index (χ3n) is 23.8. The lowest BCUT2D eigenvalue weighted by molar-refractivity contribution is -0.411. The first-order valence-corrected chi connectivity index (χ1v) is 40.7. The van der Waals surface area contributed by atoms with Crippen molar-refractivity contribution in [3.8, 4) is 0 Å². The molecule has 11 rings (SSSR count). The molecule has 0 aromatic heterocycles. The number of nitrogens with one attached hydrogen (secondary N) is 2. The molecule has 11 aliphatic rings. The Balaban J connectivity index is 0.934. The van der Waals surface area contributed by atoms with Crippen molar-refractivity contribution >= 4 is 11.8 Å². The van der Waals surface area contributed by atoms with Crippen molar-refractivity contribution in [2.45, 2.75) is 351 Å². The fourth-order valence-electron chi connectivity index (χ4n) is 16.5. The van der Waals surface area contributed by atoms with E-state index in [1.165, 1.54) is 0 Å². The van der Waals surface area contributed by atoms with E-state index in [9.17, 15) is 178 Å². The van der Waals surface area contributed by atoms with E-state index < -0.39 is 422 Å². The normalized spacial score (nSPS) is 51.7. The Labute approximate surface area is 722 Å². The lowest BCUT2D eigenvalue weighted by Gasteiger charge is -2.51. The monoisotopic (exact) mass is 1880 g/mol. The predicted octanol–water partition coefficient (Wildman–Crippen LogP) is -24.7. The van der Waals surface area contributed by atoms with E-state index in [1.54, 1.807) is 0 Å². The van der Waals surface area contributed by atoms with Gasteiger partial charge in [0.15, 0.2) is 69.2 Å². The molecule has 11 saturated heterocycles. The Hall–Kier alpha value is -3.22. The second-order valence-corrected chi connectivity index (χ2v) is 32.3. The predicted molar refractivity (Wildman–Crippen MR) is 386 cm³/mol. The number of hydrogen-bond acceptors (Lipinski definition) is 56. The summed E-state index contributed by atoms with van der Waals surface area (Å²) in [6, 6.07) is -3.70. The van der Waals surface area contributed by atoms with Crippen LogP contribution >= 0.6 is 0 Å². The fraction of sp³-hybridized carbons (Fsp3) is 0.971. The molecule has 128 heavy (non-hydrogen) atoms. The van der Waals surface area contributed by atoms with Crippen molar-refractivity contribution in [2.24, 2.45) is 0 Å². The molecule has 58 heteroatoms. The van der Waals surface area contributed by atoms with Gasteiger partial charge < -0.3 is 279 Å². The van der Waals surface area contributed by atoms with Crippen LogP contribution in [0.5, 0.6) is 0 Å². The van der Waals surface area contributed by atoms with Crippen LogP contribution in [0.15, 0.2) is 0 Å². The topological polar surface area (TPSA) is 920 Å². The maximum absolute atomic E-state index is 13.1. The molecular formula is C70H118N2O56. The van der Waals surface area contributed by atoms with Crippen LogP contribution in [-0.2, 0) is 109 Å². The summed E-state index contributed by atoms with van der Waals surface area (Å²) in [7, 11) is 0. The number of aliphatic hydroxyl groups excluding tert-OH is 33. The summed E-state index contributed by atoms with van der Waals surface area (Å²) in [4.78, 5) is 25.3. The third kappa shape index (κ3) is 22.5. The molecule has 0 aliphatic carbocycles. The zero-order valence-electron chi connectivity index (χ0n) is 67.7. The van der Waals surface area contributed by atoms with Crippen LogP contribution in [0.3, 0.4) is 0 Å². The first kappa shape index (κ1) is 105. The summed E-state index contributed by atoms with van der Waals surface area (Å²) in [6.45, 7) is -10.7. The van der Waals surface area contributed by atoms with Gasteiger partial charge in [-0.15, -0.1) is 0 Å². The smallest absolute Gasteiger partial charge is 0.217 e. The number of aliphatic hydroxyl groups is 33. The second-order valence-electron chi connectivity index (χ2n) is 32.3. The molecule has 0 bridgehead atoms. The van der Waals surface area contributed by atoms with Crippen LogP contribution in [0.25, 0.3) is 0 Å². The summed E-state index contributed by atoms with van der Waals surface area (Å²) >= 11 is 0. The van der Waals surface area contributed by atoms with Crippen molar-refractivity contribution in [3.05, 3.63) is 0 Å². The Kier molecular flexibility index (Phi) is 37.7. The Morgan fingerprint density at radius 1 is 0.203 bits per heavy atom. The fourth-order valence-corrected chi connectivity index (χ4v) is 16.5. The van der Waals surface area contributed by atoms with Gasteiger partial charge >= 0.3 is 0 Å². The summed E-state index contributed by atoms with van der Waals surface area (Å²) in [5.74, 6) is -1.82. The van der Waals surface area contributed by atoms with Gasteiger partial charge in [0.25, 0.3) is 0 Å².